The zero-order valence-corrected chi connectivity index (χ0v) is 16.7. The van der Waals surface area contributed by atoms with Crippen LogP contribution in [0.25, 0.3) is 6.08 Å². The molecule has 0 aliphatic rings. The molecule has 0 radical (unpaired) electrons. The summed E-state index contributed by atoms with van der Waals surface area (Å²) in [4.78, 5) is 16.8. The van der Waals surface area contributed by atoms with Crippen molar-refractivity contribution in [3.63, 3.8) is 0 Å². The molecule has 0 atom stereocenters. The Balaban J connectivity index is 1.63. The predicted molar refractivity (Wildman–Crippen MR) is 117 cm³/mol. The average molecular weight is 376 g/mol. The van der Waals surface area contributed by atoms with Crippen LogP contribution < -0.4 is 4.90 Å². The number of carbonyl (C=O) groups excluding carboxylic acids is 1. The Morgan fingerprint density at radius 1 is 0.926 bits per heavy atom. The molecule has 0 aliphatic heterocycles. The van der Waals surface area contributed by atoms with E-state index >= 15 is 0 Å². The van der Waals surface area contributed by atoms with Gasteiger partial charge < -0.3 is 4.90 Å². The highest BCUT2D eigenvalue weighted by molar-refractivity contribution is 7.14. The average Bonchev–Trinajstić information content (AvgIpc) is 3.17. The second kappa shape index (κ2) is 9.33. The van der Waals surface area contributed by atoms with E-state index in [4.69, 9.17) is 0 Å². The summed E-state index contributed by atoms with van der Waals surface area (Å²) in [6.07, 6.45) is 4.44. The van der Waals surface area contributed by atoms with Crippen LogP contribution in [0.3, 0.4) is 0 Å². The van der Waals surface area contributed by atoms with Crippen LogP contribution in [0.15, 0.2) is 72.8 Å². The van der Waals surface area contributed by atoms with Gasteiger partial charge in [-0.2, -0.15) is 0 Å². The van der Waals surface area contributed by atoms with E-state index in [0.29, 0.717) is 0 Å². The van der Waals surface area contributed by atoms with E-state index in [1.54, 1.807) is 17.4 Å². The molecule has 0 unspecified atom stereocenters. The van der Waals surface area contributed by atoms with Crippen molar-refractivity contribution in [2.45, 2.75) is 20.3 Å². The van der Waals surface area contributed by atoms with Gasteiger partial charge in [0.05, 0.1) is 4.88 Å². The van der Waals surface area contributed by atoms with Crippen LogP contribution in [0.2, 0.25) is 0 Å². The predicted octanol–water partition coefficient (Wildman–Crippen LogP) is 6.08. The summed E-state index contributed by atoms with van der Waals surface area (Å²) in [5, 5.41) is 0. The first-order chi connectivity index (χ1) is 13.2. The smallest absolute Gasteiger partial charge is 0.195 e. The summed E-state index contributed by atoms with van der Waals surface area (Å²) in [7, 11) is 0. The number of nitrogens with zero attached hydrogens (tertiary/aromatic N) is 1. The first kappa shape index (κ1) is 19.1. The van der Waals surface area contributed by atoms with Gasteiger partial charge in [-0.25, -0.2) is 0 Å². The highest BCUT2D eigenvalue weighted by Gasteiger charge is 2.07. The Bertz CT molecular complexity index is 890. The van der Waals surface area contributed by atoms with E-state index < -0.39 is 0 Å². The van der Waals surface area contributed by atoms with E-state index in [2.05, 4.69) is 61.2 Å². The van der Waals surface area contributed by atoms with Crippen molar-refractivity contribution in [2.24, 2.45) is 0 Å². The first-order valence-corrected chi connectivity index (χ1v) is 10.2. The van der Waals surface area contributed by atoms with Gasteiger partial charge in [0, 0.05) is 30.1 Å². The summed E-state index contributed by atoms with van der Waals surface area (Å²) in [5.41, 5.74) is 3.52. The van der Waals surface area contributed by atoms with Crippen LogP contribution in [0, 0.1) is 0 Å². The second-order valence-corrected chi connectivity index (χ2v) is 7.56. The molecule has 0 saturated carbocycles. The lowest BCUT2D eigenvalue weighted by Gasteiger charge is -2.20. The van der Waals surface area contributed by atoms with Crippen molar-refractivity contribution < 1.29 is 4.79 Å². The van der Waals surface area contributed by atoms with Crippen molar-refractivity contribution in [3.05, 3.63) is 93.7 Å². The van der Waals surface area contributed by atoms with Crippen LogP contribution in [-0.2, 0) is 6.42 Å². The summed E-state index contributed by atoms with van der Waals surface area (Å²) in [5.74, 6) is 0.0622. The van der Waals surface area contributed by atoms with Crippen LogP contribution in [0.1, 0.15) is 39.5 Å². The molecule has 1 heterocycles. The normalized spacial score (nSPS) is 11.0. The van der Waals surface area contributed by atoms with Gasteiger partial charge >= 0.3 is 0 Å². The number of ketones is 1. The SMILES string of the molecule is CCN(CC)c1ccc(/C=C/C(=O)c2ccc(Cc3ccccc3)s2)cc1. The lowest BCUT2D eigenvalue weighted by atomic mass is 10.1. The van der Waals surface area contributed by atoms with Crippen LogP contribution >= 0.6 is 11.3 Å². The first-order valence-electron chi connectivity index (χ1n) is 9.39. The number of carbonyl (C=O) groups is 1. The Morgan fingerprint density at radius 2 is 1.63 bits per heavy atom. The van der Waals surface area contributed by atoms with Gasteiger partial charge in [0.25, 0.3) is 0 Å². The summed E-state index contributed by atoms with van der Waals surface area (Å²) in [6, 6.07) is 22.7. The van der Waals surface area contributed by atoms with E-state index in [0.717, 1.165) is 30.0 Å². The Kier molecular flexibility index (Phi) is 6.61. The number of benzene rings is 2. The Morgan fingerprint density at radius 3 is 2.30 bits per heavy atom. The molecular formula is C24H25NOS. The second-order valence-electron chi connectivity index (χ2n) is 6.39. The number of anilines is 1. The molecule has 0 aliphatic carbocycles. The number of rotatable bonds is 8. The lowest BCUT2D eigenvalue weighted by molar-refractivity contribution is 0.105. The van der Waals surface area contributed by atoms with Gasteiger partial charge in [0.15, 0.2) is 5.78 Å². The Hall–Kier alpha value is -2.65. The molecule has 3 heteroatoms. The van der Waals surface area contributed by atoms with E-state index in [9.17, 15) is 4.79 Å². The van der Waals surface area contributed by atoms with E-state index in [-0.39, 0.29) is 5.78 Å². The van der Waals surface area contributed by atoms with Gasteiger partial charge in [0.2, 0.25) is 0 Å². The summed E-state index contributed by atoms with van der Waals surface area (Å²) in [6.45, 7) is 6.30. The zero-order valence-electron chi connectivity index (χ0n) is 15.9. The largest absolute Gasteiger partial charge is 0.372 e. The quantitative estimate of drug-likeness (QED) is 0.351. The summed E-state index contributed by atoms with van der Waals surface area (Å²) >= 11 is 1.58. The molecule has 0 amide bonds. The van der Waals surface area contributed by atoms with Crippen LogP contribution in [-0.4, -0.2) is 18.9 Å². The molecule has 0 fully saturated rings. The molecular weight excluding hydrogens is 350 g/mol. The fourth-order valence-corrected chi connectivity index (χ4v) is 4.00. The fourth-order valence-electron chi connectivity index (χ4n) is 3.04. The number of hydrogen-bond acceptors (Lipinski definition) is 3. The van der Waals surface area contributed by atoms with Gasteiger partial charge in [-0.15, -0.1) is 11.3 Å². The topological polar surface area (TPSA) is 20.3 Å². The molecule has 0 bridgehead atoms. The number of allylic oxidation sites excluding steroid dienone is 1. The number of thiophene rings is 1. The van der Waals surface area contributed by atoms with E-state index in [1.165, 1.54) is 16.1 Å². The maximum atomic E-state index is 12.5. The highest BCUT2D eigenvalue weighted by Crippen LogP contribution is 2.21. The lowest BCUT2D eigenvalue weighted by Crippen LogP contribution is -2.21. The molecule has 0 N–H and O–H groups in total. The van der Waals surface area contributed by atoms with Crippen LogP contribution in [0.5, 0.6) is 0 Å². The highest BCUT2D eigenvalue weighted by atomic mass is 32.1. The van der Waals surface area contributed by atoms with Gasteiger partial charge in [-0.05, 0) is 55.3 Å². The zero-order chi connectivity index (χ0) is 19.1. The van der Waals surface area contributed by atoms with Crippen molar-refractivity contribution in [3.8, 4) is 0 Å². The molecule has 0 saturated heterocycles. The van der Waals surface area contributed by atoms with E-state index in [1.807, 2.05) is 30.3 Å². The monoisotopic (exact) mass is 375 g/mol. The molecule has 3 rings (SSSR count). The third-order valence-electron chi connectivity index (χ3n) is 4.57. The maximum Gasteiger partial charge on any atom is 0.195 e. The third kappa shape index (κ3) is 5.18. The maximum absolute atomic E-state index is 12.5. The van der Waals surface area contributed by atoms with Gasteiger partial charge in [0.1, 0.15) is 0 Å². The van der Waals surface area contributed by atoms with Crippen molar-refractivity contribution in [1.82, 2.24) is 0 Å². The van der Waals surface area contributed by atoms with Crippen LogP contribution in [0.4, 0.5) is 5.69 Å². The van der Waals surface area contributed by atoms with Gasteiger partial charge in [-0.3, -0.25) is 4.79 Å². The number of hydrogen-bond donors (Lipinski definition) is 0. The molecule has 1 aromatic heterocycles. The fraction of sp³-hybridized carbons (Fsp3) is 0.208. The minimum atomic E-state index is 0.0622. The molecule has 0 spiro atoms. The Labute approximate surface area is 165 Å². The van der Waals surface area contributed by atoms with Crippen molar-refractivity contribution >= 4 is 28.9 Å². The molecule has 138 valence electrons. The minimum absolute atomic E-state index is 0.0622. The van der Waals surface area contributed by atoms with Gasteiger partial charge in [-0.1, -0.05) is 48.5 Å². The molecule has 3 aromatic rings. The molecule has 2 aromatic carbocycles. The summed E-state index contributed by atoms with van der Waals surface area (Å²) < 4.78 is 0. The molecule has 2 nitrogen and oxygen atoms in total. The van der Waals surface area contributed by atoms with Crippen molar-refractivity contribution in [2.75, 3.05) is 18.0 Å². The minimum Gasteiger partial charge on any atom is -0.372 e. The van der Waals surface area contributed by atoms with Crippen molar-refractivity contribution in [1.29, 1.82) is 0 Å². The molecule has 27 heavy (non-hydrogen) atoms. The standard InChI is InChI=1S/C24H25NOS/c1-3-25(4-2)21-13-10-19(11-14-21)12-16-23(26)24-17-15-22(27-24)18-20-8-6-5-7-9-20/h5-17H,3-4,18H2,1-2H3/b16-12+. The third-order valence-corrected chi connectivity index (χ3v) is 5.67.